The summed E-state index contributed by atoms with van der Waals surface area (Å²) < 4.78 is 22.7. The second kappa shape index (κ2) is 12.5. The molecule has 0 saturated carbocycles. The van der Waals surface area contributed by atoms with E-state index in [0.29, 0.717) is 26.2 Å². The van der Waals surface area contributed by atoms with Crippen molar-refractivity contribution in [2.45, 2.75) is 64.5 Å². The van der Waals surface area contributed by atoms with Crippen LogP contribution < -0.4 is 4.74 Å². The molecule has 0 bridgehead atoms. The quantitative estimate of drug-likeness (QED) is 0.194. The molecule has 166 valence electrons. The first kappa shape index (κ1) is 25.9. The van der Waals surface area contributed by atoms with E-state index in [1.165, 1.54) is 0 Å². The lowest BCUT2D eigenvalue weighted by atomic mass is 9.97. The van der Waals surface area contributed by atoms with E-state index in [1.807, 2.05) is 24.3 Å². The van der Waals surface area contributed by atoms with E-state index in [0.717, 1.165) is 17.7 Å². The zero-order chi connectivity index (χ0) is 21.9. The van der Waals surface area contributed by atoms with Gasteiger partial charge in [-0.25, -0.2) is 0 Å². The van der Waals surface area contributed by atoms with E-state index in [2.05, 4.69) is 40.4 Å². The molecule has 0 spiro atoms. The molecule has 1 aromatic rings. The Morgan fingerprint density at radius 1 is 1.14 bits per heavy atom. The lowest BCUT2D eigenvalue weighted by Gasteiger charge is -2.38. The summed E-state index contributed by atoms with van der Waals surface area (Å²) in [7, 11) is -0.204. The van der Waals surface area contributed by atoms with Gasteiger partial charge >= 0.3 is 0 Å². The Labute approximate surface area is 178 Å². The van der Waals surface area contributed by atoms with Crippen molar-refractivity contribution in [1.82, 2.24) is 0 Å². The van der Waals surface area contributed by atoms with E-state index in [1.54, 1.807) is 13.2 Å². The van der Waals surface area contributed by atoms with Crippen molar-refractivity contribution < 1.29 is 23.7 Å². The van der Waals surface area contributed by atoms with E-state index < -0.39 is 14.4 Å². The van der Waals surface area contributed by atoms with E-state index >= 15 is 0 Å². The van der Waals surface area contributed by atoms with Gasteiger partial charge in [-0.1, -0.05) is 39.0 Å². The molecule has 29 heavy (non-hydrogen) atoms. The fourth-order valence-corrected chi connectivity index (χ4v) is 3.58. The van der Waals surface area contributed by atoms with Crippen LogP contribution in [0.1, 0.15) is 39.2 Å². The minimum atomic E-state index is -1.85. The highest BCUT2D eigenvalue weighted by molar-refractivity contribution is 6.74. The first-order valence-corrected chi connectivity index (χ1v) is 13.2. The molecule has 0 aliphatic carbocycles. The Morgan fingerprint density at radius 3 is 2.34 bits per heavy atom. The molecule has 1 N–H and O–H groups in total. The van der Waals surface area contributed by atoms with Gasteiger partial charge in [0, 0.05) is 19.1 Å². The van der Waals surface area contributed by atoms with Crippen LogP contribution in [-0.4, -0.2) is 46.6 Å². The van der Waals surface area contributed by atoms with Crippen molar-refractivity contribution in [3.63, 3.8) is 0 Å². The SMILES string of the molecule is C=CC[C@@H](O)[C@H](CCOCOCc1ccc(OC)cc1)CO[Si](C)(C)C(C)(C)C. The van der Waals surface area contributed by atoms with Crippen LogP contribution in [-0.2, 0) is 20.5 Å². The molecule has 5 nitrogen and oxygen atoms in total. The number of ether oxygens (including phenoxy) is 3. The summed E-state index contributed by atoms with van der Waals surface area (Å²) >= 11 is 0. The Kier molecular flexibility index (Phi) is 11.1. The minimum Gasteiger partial charge on any atom is -0.497 e. The molecule has 0 aliphatic rings. The number of hydrogen-bond donors (Lipinski definition) is 1. The molecule has 0 heterocycles. The predicted molar refractivity (Wildman–Crippen MR) is 121 cm³/mol. The number of hydrogen-bond acceptors (Lipinski definition) is 5. The zero-order valence-electron chi connectivity index (χ0n) is 19.1. The normalized spacial score (nSPS) is 14.4. The molecule has 0 unspecified atom stereocenters. The van der Waals surface area contributed by atoms with Crippen LogP contribution in [0.2, 0.25) is 18.1 Å². The number of benzene rings is 1. The average Bonchev–Trinajstić information content (AvgIpc) is 2.66. The Balaban J connectivity index is 2.38. The number of rotatable bonds is 14. The molecule has 0 saturated heterocycles. The highest BCUT2D eigenvalue weighted by atomic mass is 28.4. The number of aliphatic hydroxyl groups is 1. The third-order valence-corrected chi connectivity index (χ3v) is 10.1. The van der Waals surface area contributed by atoms with Crippen molar-refractivity contribution in [1.29, 1.82) is 0 Å². The first-order chi connectivity index (χ1) is 13.6. The van der Waals surface area contributed by atoms with Crippen molar-refractivity contribution in [2.75, 3.05) is 27.1 Å². The Hall–Kier alpha value is -1.18. The summed E-state index contributed by atoms with van der Waals surface area (Å²) in [4.78, 5) is 0. The van der Waals surface area contributed by atoms with Crippen molar-refractivity contribution >= 4 is 8.32 Å². The summed E-state index contributed by atoms with van der Waals surface area (Å²) in [6.45, 7) is 16.6. The summed E-state index contributed by atoms with van der Waals surface area (Å²) in [5.41, 5.74) is 1.07. The van der Waals surface area contributed by atoms with Gasteiger partial charge in [0.15, 0.2) is 8.32 Å². The lowest BCUT2D eigenvalue weighted by molar-refractivity contribution is -0.0697. The third-order valence-electron chi connectivity index (χ3n) is 5.64. The highest BCUT2D eigenvalue weighted by Crippen LogP contribution is 2.37. The monoisotopic (exact) mass is 424 g/mol. The van der Waals surface area contributed by atoms with Gasteiger partial charge in [0.25, 0.3) is 0 Å². The largest absolute Gasteiger partial charge is 0.497 e. The summed E-state index contributed by atoms with van der Waals surface area (Å²) in [6, 6.07) is 7.76. The standard InChI is InChI=1S/C23H40O5Si/c1-8-9-22(24)20(17-28-29(6,7)23(2,3)4)14-15-26-18-27-16-19-10-12-21(25-5)13-11-19/h8,10-13,20,22,24H,1,9,14-18H2,2-7H3/t20-,22-/m1/s1. The third kappa shape index (κ3) is 9.44. The fraction of sp³-hybridized carbons (Fsp3) is 0.652. The van der Waals surface area contributed by atoms with Crippen LogP contribution in [0.4, 0.5) is 0 Å². The van der Waals surface area contributed by atoms with Gasteiger partial charge in [-0.2, -0.15) is 0 Å². The molecule has 6 heteroatoms. The second-order valence-corrected chi connectivity index (χ2v) is 13.7. The van der Waals surface area contributed by atoms with Crippen molar-refractivity contribution in [2.24, 2.45) is 5.92 Å². The second-order valence-electron chi connectivity index (χ2n) is 8.93. The zero-order valence-corrected chi connectivity index (χ0v) is 20.1. The number of aliphatic hydroxyl groups excluding tert-OH is 1. The highest BCUT2D eigenvalue weighted by Gasteiger charge is 2.38. The van der Waals surface area contributed by atoms with Crippen LogP contribution >= 0.6 is 0 Å². The smallest absolute Gasteiger partial charge is 0.191 e. The van der Waals surface area contributed by atoms with Crippen LogP contribution in [0.15, 0.2) is 36.9 Å². The Morgan fingerprint density at radius 2 is 1.79 bits per heavy atom. The molecule has 0 fully saturated rings. The van der Waals surface area contributed by atoms with E-state index in [9.17, 15) is 5.11 Å². The van der Waals surface area contributed by atoms with Crippen molar-refractivity contribution in [3.8, 4) is 5.75 Å². The van der Waals surface area contributed by atoms with Gasteiger partial charge in [-0.05, 0) is 48.7 Å². The van der Waals surface area contributed by atoms with E-state index in [4.69, 9.17) is 18.6 Å². The maximum Gasteiger partial charge on any atom is 0.191 e. The molecule has 2 atom stereocenters. The molecule has 0 aliphatic heterocycles. The molecular formula is C23H40O5Si. The maximum absolute atomic E-state index is 10.5. The summed E-state index contributed by atoms with van der Waals surface area (Å²) in [6.07, 6.45) is 2.55. The molecule has 0 amide bonds. The fourth-order valence-electron chi connectivity index (χ4n) is 2.52. The predicted octanol–water partition coefficient (Wildman–Crippen LogP) is 5.15. The molecule has 0 radical (unpaired) electrons. The summed E-state index contributed by atoms with van der Waals surface area (Å²) in [5.74, 6) is 0.845. The Bertz CT molecular complexity index is 580. The van der Waals surface area contributed by atoms with Gasteiger partial charge in [-0.15, -0.1) is 6.58 Å². The van der Waals surface area contributed by atoms with Gasteiger partial charge in [0.2, 0.25) is 0 Å². The first-order valence-electron chi connectivity index (χ1n) is 10.3. The van der Waals surface area contributed by atoms with Crippen LogP contribution in [0.3, 0.4) is 0 Å². The molecular weight excluding hydrogens is 384 g/mol. The molecule has 0 aromatic heterocycles. The van der Waals surface area contributed by atoms with Gasteiger partial charge < -0.3 is 23.7 Å². The topological polar surface area (TPSA) is 57.2 Å². The average molecular weight is 425 g/mol. The van der Waals surface area contributed by atoms with Gasteiger partial charge in [0.1, 0.15) is 12.5 Å². The molecule has 1 rings (SSSR count). The van der Waals surface area contributed by atoms with Crippen molar-refractivity contribution in [3.05, 3.63) is 42.5 Å². The van der Waals surface area contributed by atoms with E-state index in [-0.39, 0.29) is 17.7 Å². The molecule has 1 aromatic carbocycles. The number of methoxy groups -OCH3 is 1. The minimum absolute atomic E-state index is 0.0173. The van der Waals surface area contributed by atoms with Crippen LogP contribution in [0, 0.1) is 5.92 Å². The summed E-state index contributed by atoms with van der Waals surface area (Å²) in [5, 5.41) is 10.6. The van der Waals surface area contributed by atoms with Crippen LogP contribution in [0.5, 0.6) is 5.75 Å². The van der Waals surface area contributed by atoms with Gasteiger partial charge in [-0.3, -0.25) is 0 Å². The maximum atomic E-state index is 10.5. The van der Waals surface area contributed by atoms with Crippen LogP contribution in [0.25, 0.3) is 0 Å². The lowest BCUT2D eigenvalue weighted by Crippen LogP contribution is -2.43. The van der Waals surface area contributed by atoms with Gasteiger partial charge in [0.05, 0.1) is 19.8 Å².